The van der Waals surface area contributed by atoms with E-state index in [1.54, 1.807) is 25.3 Å². The summed E-state index contributed by atoms with van der Waals surface area (Å²) in [5.41, 5.74) is 1.12. The Kier molecular flexibility index (Phi) is 4.35. The molecule has 1 aliphatic carbocycles. The van der Waals surface area contributed by atoms with Crippen molar-refractivity contribution in [3.05, 3.63) is 29.6 Å². The lowest BCUT2D eigenvalue weighted by Crippen LogP contribution is -2.60. The van der Waals surface area contributed by atoms with Gasteiger partial charge in [0.1, 0.15) is 5.54 Å². The normalized spacial score (nSPS) is 26.2. The van der Waals surface area contributed by atoms with Gasteiger partial charge in [-0.15, -0.1) is 0 Å². The van der Waals surface area contributed by atoms with Crippen LogP contribution in [0.15, 0.2) is 18.3 Å². The molecular weight excluding hydrogens is 294 g/mol. The number of fused-ring (bicyclic) bond motifs is 1. The minimum absolute atomic E-state index is 0.000556. The van der Waals surface area contributed by atoms with Gasteiger partial charge in [-0.1, -0.05) is 6.07 Å². The molecule has 2 atom stereocenters. The Morgan fingerprint density at radius 3 is 3.09 bits per heavy atom. The monoisotopic (exact) mass is 317 g/mol. The molecule has 124 valence electrons. The van der Waals surface area contributed by atoms with Gasteiger partial charge < -0.3 is 15.0 Å². The van der Waals surface area contributed by atoms with E-state index in [1.807, 2.05) is 12.1 Å². The van der Waals surface area contributed by atoms with E-state index in [9.17, 15) is 9.59 Å². The third-order valence-electron chi connectivity index (χ3n) is 5.04. The number of carbonyl (C=O) groups excluding carboxylic acids is 2. The summed E-state index contributed by atoms with van der Waals surface area (Å²) in [6, 6.07) is 3.93. The van der Waals surface area contributed by atoms with Gasteiger partial charge in [-0.3, -0.25) is 14.6 Å². The van der Waals surface area contributed by atoms with Gasteiger partial charge in [0.15, 0.2) is 0 Å². The summed E-state index contributed by atoms with van der Waals surface area (Å²) in [4.78, 5) is 31.8. The Balaban J connectivity index is 1.91. The number of hydrogen-bond acceptors (Lipinski definition) is 4. The minimum Gasteiger partial charge on any atom is -0.382 e. The second-order valence-electron chi connectivity index (χ2n) is 6.28. The third kappa shape index (κ3) is 2.51. The number of methoxy groups -OCH3 is 1. The second kappa shape index (κ2) is 6.28. The van der Waals surface area contributed by atoms with Crippen molar-refractivity contribution in [1.29, 1.82) is 0 Å². The maximum Gasteiger partial charge on any atom is 0.248 e. The predicted octanol–water partition coefficient (Wildman–Crippen LogP) is 0.865. The molecule has 6 nitrogen and oxygen atoms in total. The quantitative estimate of drug-likeness (QED) is 0.894. The maximum absolute atomic E-state index is 13.2. The third-order valence-corrected chi connectivity index (χ3v) is 5.04. The Morgan fingerprint density at radius 2 is 2.35 bits per heavy atom. The van der Waals surface area contributed by atoms with E-state index in [0.717, 1.165) is 30.5 Å². The first-order valence-electron chi connectivity index (χ1n) is 8.10. The largest absolute Gasteiger partial charge is 0.382 e. The number of rotatable bonds is 4. The summed E-state index contributed by atoms with van der Waals surface area (Å²) in [7, 11) is 3.17. The summed E-state index contributed by atoms with van der Waals surface area (Å²) < 4.78 is 5.29. The van der Waals surface area contributed by atoms with E-state index >= 15 is 0 Å². The van der Waals surface area contributed by atoms with Crippen molar-refractivity contribution in [2.75, 3.05) is 27.3 Å². The molecule has 6 heteroatoms. The molecule has 2 unspecified atom stereocenters. The zero-order chi connectivity index (χ0) is 16.4. The molecule has 0 aromatic carbocycles. The van der Waals surface area contributed by atoms with Crippen LogP contribution >= 0.6 is 0 Å². The fourth-order valence-electron chi connectivity index (χ4n) is 3.96. The topological polar surface area (TPSA) is 71.5 Å². The van der Waals surface area contributed by atoms with Gasteiger partial charge in [-0.25, -0.2) is 0 Å². The van der Waals surface area contributed by atoms with Crippen molar-refractivity contribution >= 4 is 11.8 Å². The molecule has 2 heterocycles. The van der Waals surface area contributed by atoms with Gasteiger partial charge in [0.2, 0.25) is 11.8 Å². The van der Waals surface area contributed by atoms with Crippen molar-refractivity contribution in [3.8, 4) is 0 Å². The Morgan fingerprint density at radius 1 is 1.52 bits per heavy atom. The van der Waals surface area contributed by atoms with Crippen LogP contribution in [0.3, 0.4) is 0 Å². The molecule has 1 aliphatic heterocycles. The maximum atomic E-state index is 13.2. The number of aromatic nitrogens is 1. The van der Waals surface area contributed by atoms with Gasteiger partial charge >= 0.3 is 0 Å². The van der Waals surface area contributed by atoms with E-state index in [0.29, 0.717) is 13.0 Å². The molecule has 23 heavy (non-hydrogen) atoms. The number of hydrogen-bond donors (Lipinski definition) is 1. The Hall–Kier alpha value is -1.95. The minimum atomic E-state index is -0.891. The van der Waals surface area contributed by atoms with E-state index in [1.165, 1.54) is 0 Å². The van der Waals surface area contributed by atoms with Crippen molar-refractivity contribution in [2.45, 2.75) is 37.1 Å². The van der Waals surface area contributed by atoms with Gasteiger partial charge in [-0.05, 0) is 37.3 Å². The highest BCUT2D eigenvalue weighted by atomic mass is 16.5. The van der Waals surface area contributed by atoms with E-state index < -0.39 is 5.54 Å². The van der Waals surface area contributed by atoms with Crippen LogP contribution in [0.4, 0.5) is 0 Å². The highest BCUT2D eigenvalue weighted by molar-refractivity contribution is 5.94. The first-order valence-corrected chi connectivity index (χ1v) is 8.10. The van der Waals surface area contributed by atoms with Crippen molar-refractivity contribution in [2.24, 2.45) is 0 Å². The standard InChI is InChI=1S/C17H23N3O3/c1-18-16(22)17(11-23-2)8-4-10-20(17)15(21)13-7-6-12-5-3-9-19-14(12)13/h3,5,9,13H,4,6-8,10-11H2,1-2H3,(H,18,22). The van der Waals surface area contributed by atoms with Gasteiger partial charge in [0.25, 0.3) is 0 Å². The summed E-state index contributed by atoms with van der Waals surface area (Å²) >= 11 is 0. The van der Waals surface area contributed by atoms with Crippen molar-refractivity contribution in [1.82, 2.24) is 15.2 Å². The van der Waals surface area contributed by atoms with Crippen LogP contribution in [0.1, 0.15) is 36.4 Å². The van der Waals surface area contributed by atoms with Crippen molar-refractivity contribution in [3.63, 3.8) is 0 Å². The molecule has 1 saturated heterocycles. The molecule has 1 aromatic rings. The highest BCUT2D eigenvalue weighted by Crippen LogP contribution is 2.38. The van der Waals surface area contributed by atoms with E-state index in [-0.39, 0.29) is 24.3 Å². The number of carbonyl (C=O) groups is 2. The summed E-state index contributed by atoms with van der Waals surface area (Å²) in [6.07, 6.45) is 4.80. The second-order valence-corrected chi connectivity index (χ2v) is 6.28. The molecule has 0 radical (unpaired) electrons. The number of likely N-dealkylation sites (N-methyl/N-ethyl adjacent to an activating group) is 1. The van der Waals surface area contributed by atoms with Gasteiger partial charge in [0, 0.05) is 26.9 Å². The summed E-state index contributed by atoms with van der Waals surface area (Å²) in [6.45, 7) is 0.814. The van der Waals surface area contributed by atoms with Crippen LogP contribution in [0, 0.1) is 0 Å². The molecule has 0 saturated carbocycles. The Labute approximate surface area is 136 Å². The van der Waals surface area contributed by atoms with Gasteiger partial charge in [-0.2, -0.15) is 0 Å². The molecule has 1 N–H and O–H groups in total. The molecule has 0 bridgehead atoms. The number of likely N-dealkylation sites (tertiary alicyclic amines) is 1. The van der Waals surface area contributed by atoms with E-state index in [2.05, 4.69) is 10.3 Å². The molecule has 1 aromatic heterocycles. The number of nitrogens with one attached hydrogen (secondary N) is 1. The lowest BCUT2D eigenvalue weighted by molar-refractivity contribution is -0.149. The lowest BCUT2D eigenvalue weighted by Gasteiger charge is -2.37. The smallest absolute Gasteiger partial charge is 0.248 e. The average molecular weight is 317 g/mol. The van der Waals surface area contributed by atoms with Crippen LogP contribution < -0.4 is 5.32 Å². The molecule has 1 fully saturated rings. The fourth-order valence-corrected chi connectivity index (χ4v) is 3.96. The van der Waals surface area contributed by atoms with Crippen molar-refractivity contribution < 1.29 is 14.3 Å². The number of nitrogens with zero attached hydrogens (tertiary/aromatic N) is 2. The van der Waals surface area contributed by atoms with Crippen LogP contribution in [-0.4, -0.2) is 54.5 Å². The Bertz CT molecular complexity index is 619. The lowest BCUT2D eigenvalue weighted by atomic mass is 9.93. The zero-order valence-corrected chi connectivity index (χ0v) is 13.7. The van der Waals surface area contributed by atoms with Crippen LogP contribution in [0.5, 0.6) is 0 Å². The molecule has 2 amide bonds. The number of pyridine rings is 1. The van der Waals surface area contributed by atoms with Crippen LogP contribution in [0.25, 0.3) is 0 Å². The number of ether oxygens (including phenoxy) is 1. The predicted molar refractivity (Wildman–Crippen MR) is 84.9 cm³/mol. The summed E-state index contributed by atoms with van der Waals surface area (Å²) in [5.74, 6) is -0.393. The molecule has 2 aliphatic rings. The molecule has 3 rings (SSSR count). The van der Waals surface area contributed by atoms with E-state index in [4.69, 9.17) is 4.74 Å². The number of aryl methyl sites for hydroxylation is 1. The summed E-state index contributed by atoms with van der Waals surface area (Å²) in [5, 5.41) is 2.70. The molecular formula is C17H23N3O3. The zero-order valence-electron chi connectivity index (χ0n) is 13.7. The SMILES string of the molecule is CNC(=O)C1(COC)CCCN1C(=O)C1CCc2cccnc21. The molecule has 0 spiro atoms. The first kappa shape index (κ1) is 15.9. The highest BCUT2D eigenvalue weighted by Gasteiger charge is 2.51. The van der Waals surface area contributed by atoms with Crippen LogP contribution in [0.2, 0.25) is 0 Å². The van der Waals surface area contributed by atoms with Crippen LogP contribution in [-0.2, 0) is 20.7 Å². The van der Waals surface area contributed by atoms with Gasteiger partial charge in [0.05, 0.1) is 18.2 Å². The first-order chi connectivity index (χ1) is 11.1. The number of amides is 2. The average Bonchev–Trinajstić information content (AvgIpc) is 3.18. The fraction of sp³-hybridized carbons (Fsp3) is 0.588.